The van der Waals surface area contributed by atoms with Gasteiger partial charge >= 0.3 is 0 Å². The largest absolute Gasteiger partial charge is 0.489 e. The number of carbonyl (C=O) groups is 1. The predicted molar refractivity (Wildman–Crippen MR) is 102 cm³/mol. The van der Waals surface area contributed by atoms with Crippen LogP contribution in [0.2, 0.25) is 10.0 Å². The molecule has 0 aromatic heterocycles. The van der Waals surface area contributed by atoms with Crippen molar-refractivity contribution in [3.05, 3.63) is 94.0 Å². The first-order chi connectivity index (χ1) is 12.1. The zero-order chi connectivity index (χ0) is 17.6. The molecule has 0 radical (unpaired) electrons. The van der Waals surface area contributed by atoms with Gasteiger partial charge in [0.25, 0.3) is 5.91 Å². The van der Waals surface area contributed by atoms with Gasteiger partial charge in [-0.2, -0.15) is 0 Å². The van der Waals surface area contributed by atoms with Crippen molar-refractivity contribution < 1.29 is 9.53 Å². The highest BCUT2D eigenvalue weighted by molar-refractivity contribution is 6.36. The number of ether oxygens (including phenoxy) is 1. The Hall–Kier alpha value is -2.49. The Morgan fingerprint density at radius 3 is 2.40 bits per heavy atom. The summed E-state index contributed by atoms with van der Waals surface area (Å²) in [6.45, 7) is 0.294. The molecule has 1 amide bonds. The number of para-hydroxylation sites is 1. The summed E-state index contributed by atoms with van der Waals surface area (Å²) in [7, 11) is 0. The number of halogens is 2. The maximum Gasteiger partial charge on any atom is 0.256 e. The van der Waals surface area contributed by atoms with E-state index in [-0.39, 0.29) is 5.91 Å². The third kappa shape index (κ3) is 4.53. The normalized spacial score (nSPS) is 10.3. The van der Waals surface area contributed by atoms with Gasteiger partial charge in [0.2, 0.25) is 0 Å². The highest BCUT2D eigenvalue weighted by Crippen LogP contribution is 2.26. The van der Waals surface area contributed by atoms with Crippen molar-refractivity contribution >= 4 is 34.8 Å². The molecule has 0 aliphatic rings. The van der Waals surface area contributed by atoms with Crippen LogP contribution in [0.1, 0.15) is 15.9 Å². The average molecular weight is 372 g/mol. The molecule has 0 unspecified atom stereocenters. The van der Waals surface area contributed by atoms with Crippen LogP contribution in [0.3, 0.4) is 0 Å². The summed E-state index contributed by atoms with van der Waals surface area (Å²) in [5, 5.41) is 3.71. The molecule has 0 fully saturated rings. The molecule has 0 bridgehead atoms. The fourth-order valence-corrected chi connectivity index (χ4v) is 2.78. The van der Waals surface area contributed by atoms with E-state index in [4.69, 9.17) is 27.9 Å². The average Bonchev–Trinajstić information content (AvgIpc) is 2.63. The topological polar surface area (TPSA) is 38.3 Å². The molecule has 0 spiro atoms. The highest BCUT2D eigenvalue weighted by atomic mass is 35.5. The van der Waals surface area contributed by atoms with Crippen molar-refractivity contribution in [2.45, 2.75) is 6.61 Å². The van der Waals surface area contributed by atoms with E-state index in [0.29, 0.717) is 27.9 Å². The second kappa shape index (κ2) is 8.06. The first-order valence-electron chi connectivity index (χ1n) is 7.65. The van der Waals surface area contributed by atoms with Gasteiger partial charge in [0, 0.05) is 16.1 Å². The number of hydrogen-bond acceptors (Lipinski definition) is 2. The van der Waals surface area contributed by atoms with Gasteiger partial charge < -0.3 is 10.1 Å². The first kappa shape index (κ1) is 17.3. The van der Waals surface area contributed by atoms with E-state index in [2.05, 4.69) is 5.32 Å². The van der Waals surface area contributed by atoms with Gasteiger partial charge in [0.1, 0.15) is 12.4 Å². The van der Waals surface area contributed by atoms with E-state index in [1.807, 2.05) is 48.5 Å². The highest BCUT2D eigenvalue weighted by Gasteiger charge is 2.13. The molecule has 5 heteroatoms. The number of hydrogen-bond donors (Lipinski definition) is 1. The fourth-order valence-electron chi connectivity index (χ4n) is 2.33. The van der Waals surface area contributed by atoms with E-state index in [9.17, 15) is 4.79 Å². The maximum atomic E-state index is 12.6. The van der Waals surface area contributed by atoms with Crippen LogP contribution in [0.15, 0.2) is 72.8 Å². The van der Waals surface area contributed by atoms with E-state index in [1.54, 1.807) is 24.3 Å². The van der Waals surface area contributed by atoms with Gasteiger partial charge in [0.05, 0.1) is 10.7 Å². The Morgan fingerprint density at radius 2 is 1.64 bits per heavy atom. The lowest BCUT2D eigenvalue weighted by atomic mass is 10.1. The van der Waals surface area contributed by atoms with Crippen LogP contribution in [-0.2, 0) is 6.61 Å². The van der Waals surface area contributed by atoms with Gasteiger partial charge in [-0.25, -0.2) is 0 Å². The Morgan fingerprint density at radius 1 is 0.920 bits per heavy atom. The molecule has 0 aliphatic carbocycles. The third-order valence-electron chi connectivity index (χ3n) is 3.58. The van der Waals surface area contributed by atoms with Gasteiger partial charge in [-0.15, -0.1) is 0 Å². The number of carbonyl (C=O) groups excluding carboxylic acids is 1. The SMILES string of the molecule is O=C(Nc1ccc(Cl)cc1Cl)c1ccccc1COc1ccccc1. The lowest BCUT2D eigenvalue weighted by Gasteiger charge is -2.12. The maximum absolute atomic E-state index is 12.6. The molecular weight excluding hydrogens is 357 g/mol. The quantitative estimate of drug-likeness (QED) is 0.612. The van der Waals surface area contributed by atoms with Gasteiger partial charge in [-0.3, -0.25) is 4.79 Å². The minimum absolute atomic E-state index is 0.253. The number of rotatable bonds is 5. The monoisotopic (exact) mass is 371 g/mol. The van der Waals surface area contributed by atoms with E-state index < -0.39 is 0 Å². The van der Waals surface area contributed by atoms with Crippen LogP contribution < -0.4 is 10.1 Å². The first-order valence-corrected chi connectivity index (χ1v) is 8.41. The van der Waals surface area contributed by atoms with E-state index in [0.717, 1.165) is 11.3 Å². The molecule has 3 rings (SSSR count). The summed E-state index contributed by atoms with van der Waals surface area (Å²) >= 11 is 12.0. The van der Waals surface area contributed by atoms with Crippen LogP contribution in [-0.4, -0.2) is 5.91 Å². The van der Waals surface area contributed by atoms with Crippen molar-refractivity contribution in [1.82, 2.24) is 0 Å². The van der Waals surface area contributed by atoms with Crippen LogP contribution in [0, 0.1) is 0 Å². The zero-order valence-corrected chi connectivity index (χ0v) is 14.7. The second-order valence-electron chi connectivity index (χ2n) is 5.34. The van der Waals surface area contributed by atoms with Crippen molar-refractivity contribution in [3.63, 3.8) is 0 Å². The van der Waals surface area contributed by atoms with Crippen LogP contribution in [0.4, 0.5) is 5.69 Å². The second-order valence-corrected chi connectivity index (χ2v) is 6.18. The molecule has 0 aliphatic heterocycles. The van der Waals surface area contributed by atoms with Crippen molar-refractivity contribution in [1.29, 1.82) is 0 Å². The zero-order valence-electron chi connectivity index (χ0n) is 13.2. The minimum atomic E-state index is -0.253. The molecular formula is C20H15Cl2NO2. The number of anilines is 1. The lowest BCUT2D eigenvalue weighted by Crippen LogP contribution is -2.15. The summed E-state index contributed by atoms with van der Waals surface area (Å²) in [5.74, 6) is 0.495. The summed E-state index contributed by atoms with van der Waals surface area (Å²) in [5.41, 5.74) is 1.83. The van der Waals surface area contributed by atoms with Gasteiger partial charge in [-0.1, -0.05) is 59.6 Å². The Labute approximate surface area is 156 Å². The number of benzene rings is 3. The Bertz CT molecular complexity index is 882. The molecule has 0 saturated heterocycles. The molecule has 3 aromatic carbocycles. The fraction of sp³-hybridized carbons (Fsp3) is 0.0500. The van der Waals surface area contributed by atoms with E-state index >= 15 is 0 Å². The minimum Gasteiger partial charge on any atom is -0.489 e. The molecule has 3 nitrogen and oxygen atoms in total. The van der Waals surface area contributed by atoms with Crippen LogP contribution in [0.5, 0.6) is 5.75 Å². The van der Waals surface area contributed by atoms with Crippen LogP contribution in [0.25, 0.3) is 0 Å². The number of nitrogens with one attached hydrogen (secondary N) is 1. The molecule has 3 aromatic rings. The lowest BCUT2D eigenvalue weighted by molar-refractivity contribution is 0.102. The van der Waals surface area contributed by atoms with Crippen LogP contribution >= 0.6 is 23.2 Å². The third-order valence-corrected chi connectivity index (χ3v) is 4.13. The predicted octanol–water partition coefficient (Wildman–Crippen LogP) is 5.82. The molecule has 25 heavy (non-hydrogen) atoms. The van der Waals surface area contributed by atoms with Crippen molar-refractivity contribution in [2.24, 2.45) is 0 Å². The van der Waals surface area contributed by atoms with E-state index in [1.165, 1.54) is 0 Å². The standard InChI is InChI=1S/C20H15Cl2NO2/c21-15-10-11-19(18(22)12-15)23-20(24)17-9-5-4-6-14(17)13-25-16-7-2-1-3-8-16/h1-12H,13H2,(H,23,24). The summed E-state index contributed by atoms with van der Waals surface area (Å²) < 4.78 is 5.75. The smallest absolute Gasteiger partial charge is 0.256 e. The Kier molecular flexibility index (Phi) is 5.59. The molecule has 126 valence electrons. The number of amides is 1. The van der Waals surface area contributed by atoms with Gasteiger partial charge in [-0.05, 0) is 36.4 Å². The molecule has 0 saturated carbocycles. The van der Waals surface area contributed by atoms with Gasteiger partial charge in [0.15, 0.2) is 0 Å². The molecule has 1 N–H and O–H groups in total. The molecule has 0 atom stereocenters. The summed E-state index contributed by atoms with van der Waals surface area (Å²) in [4.78, 5) is 12.6. The summed E-state index contributed by atoms with van der Waals surface area (Å²) in [6, 6.07) is 21.7. The Balaban J connectivity index is 1.76. The van der Waals surface area contributed by atoms with Crippen molar-refractivity contribution in [2.75, 3.05) is 5.32 Å². The summed E-state index contributed by atoms with van der Waals surface area (Å²) in [6.07, 6.45) is 0. The van der Waals surface area contributed by atoms with Crippen molar-refractivity contribution in [3.8, 4) is 5.75 Å². The molecule has 0 heterocycles.